The van der Waals surface area contributed by atoms with Crippen molar-refractivity contribution in [1.29, 1.82) is 0 Å². The van der Waals surface area contributed by atoms with E-state index < -0.39 is 0 Å². The first-order valence-corrected chi connectivity index (χ1v) is 10.9. The predicted octanol–water partition coefficient (Wildman–Crippen LogP) is 6.19. The first kappa shape index (κ1) is 18.6. The zero-order chi connectivity index (χ0) is 19.6. The Labute approximate surface area is 179 Å². The van der Waals surface area contributed by atoms with Crippen LogP contribution in [0.4, 0.5) is 0 Å². The van der Waals surface area contributed by atoms with Crippen LogP contribution in [0.1, 0.15) is 18.4 Å². The van der Waals surface area contributed by atoms with Gasteiger partial charge in [-0.3, -0.25) is 9.88 Å². The molecule has 0 saturated carbocycles. The van der Waals surface area contributed by atoms with Crippen LogP contribution in [0.5, 0.6) is 5.75 Å². The van der Waals surface area contributed by atoms with Gasteiger partial charge in [0, 0.05) is 41.9 Å². The zero-order valence-electron chi connectivity index (χ0n) is 16.2. The molecule has 0 amide bonds. The molecule has 0 spiro atoms. The molecular weight excluding hydrogens is 424 g/mol. The van der Waals surface area contributed by atoms with Crippen molar-refractivity contribution in [2.75, 3.05) is 13.1 Å². The van der Waals surface area contributed by atoms with E-state index in [1.165, 1.54) is 26.2 Å². The molecule has 4 heteroatoms. The SMILES string of the molecule is Brc1c(CN2CCC(Oc3ccc4cnccc4c3)CC2)ccc2ccccc12. The fraction of sp³-hybridized carbons (Fsp3) is 0.240. The smallest absolute Gasteiger partial charge is 0.120 e. The lowest BCUT2D eigenvalue weighted by Crippen LogP contribution is -2.37. The lowest BCUT2D eigenvalue weighted by atomic mass is 10.0. The van der Waals surface area contributed by atoms with E-state index in [0.717, 1.165) is 43.6 Å². The van der Waals surface area contributed by atoms with Crippen LogP contribution in [-0.4, -0.2) is 29.1 Å². The van der Waals surface area contributed by atoms with Crippen LogP contribution in [0.3, 0.4) is 0 Å². The highest BCUT2D eigenvalue weighted by molar-refractivity contribution is 9.10. The Balaban J connectivity index is 1.22. The van der Waals surface area contributed by atoms with Crippen molar-refractivity contribution in [3.05, 3.63) is 83.1 Å². The van der Waals surface area contributed by atoms with Crippen LogP contribution in [0, 0.1) is 0 Å². The fourth-order valence-corrected chi connectivity index (χ4v) is 4.77. The summed E-state index contributed by atoms with van der Waals surface area (Å²) in [6.07, 6.45) is 6.11. The lowest BCUT2D eigenvalue weighted by Gasteiger charge is -2.32. The summed E-state index contributed by atoms with van der Waals surface area (Å²) >= 11 is 3.83. The summed E-state index contributed by atoms with van der Waals surface area (Å²) in [5, 5.41) is 4.89. The van der Waals surface area contributed by atoms with Gasteiger partial charge in [0.15, 0.2) is 0 Å². The van der Waals surface area contributed by atoms with Gasteiger partial charge < -0.3 is 4.74 Å². The minimum atomic E-state index is 0.283. The maximum atomic E-state index is 6.29. The molecule has 146 valence electrons. The second-order valence-corrected chi connectivity index (χ2v) is 8.53. The van der Waals surface area contributed by atoms with E-state index in [0.29, 0.717) is 0 Å². The van der Waals surface area contributed by atoms with Crippen molar-refractivity contribution in [3.63, 3.8) is 0 Å². The Hall–Kier alpha value is -2.43. The van der Waals surface area contributed by atoms with Crippen molar-refractivity contribution >= 4 is 37.5 Å². The third-order valence-corrected chi connectivity index (χ3v) is 6.72. The monoisotopic (exact) mass is 446 g/mol. The highest BCUT2D eigenvalue weighted by atomic mass is 79.9. The van der Waals surface area contributed by atoms with Crippen LogP contribution in [0.25, 0.3) is 21.5 Å². The van der Waals surface area contributed by atoms with Crippen LogP contribution < -0.4 is 4.74 Å². The third-order valence-electron chi connectivity index (χ3n) is 5.79. The normalized spacial score (nSPS) is 15.8. The molecule has 1 fully saturated rings. The van der Waals surface area contributed by atoms with E-state index in [1.54, 1.807) is 0 Å². The molecular formula is C25H23BrN2O. The number of likely N-dealkylation sites (tertiary alicyclic amines) is 1. The number of halogens is 1. The second-order valence-electron chi connectivity index (χ2n) is 7.74. The molecule has 1 aliphatic heterocycles. The molecule has 0 unspecified atom stereocenters. The predicted molar refractivity (Wildman–Crippen MR) is 122 cm³/mol. The van der Waals surface area contributed by atoms with Gasteiger partial charge in [0.1, 0.15) is 11.9 Å². The summed E-state index contributed by atoms with van der Waals surface area (Å²) in [6, 6.07) is 21.3. The molecule has 0 bridgehead atoms. The number of hydrogen-bond donors (Lipinski definition) is 0. The Kier molecular flexibility index (Phi) is 5.21. The molecule has 3 aromatic carbocycles. The zero-order valence-corrected chi connectivity index (χ0v) is 17.8. The van der Waals surface area contributed by atoms with Gasteiger partial charge in [0.05, 0.1) is 0 Å². The average Bonchev–Trinajstić information content (AvgIpc) is 2.77. The number of hydrogen-bond acceptors (Lipinski definition) is 3. The molecule has 1 aliphatic rings. The summed E-state index contributed by atoms with van der Waals surface area (Å²) in [4.78, 5) is 6.70. The molecule has 29 heavy (non-hydrogen) atoms. The quantitative estimate of drug-likeness (QED) is 0.373. The van der Waals surface area contributed by atoms with E-state index in [-0.39, 0.29) is 6.10 Å². The fourth-order valence-electron chi connectivity index (χ4n) is 4.15. The van der Waals surface area contributed by atoms with Crippen molar-refractivity contribution in [2.24, 2.45) is 0 Å². The summed E-state index contributed by atoms with van der Waals surface area (Å²) in [6.45, 7) is 3.09. The number of fused-ring (bicyclic) bond motifs is 2. The van der Waals surface area contributed by atoms with Gasteiger partial charge in [-0.2, -0.15) is 0 Å². The van der Waals surface area contributed by atoms with E-state index in [9.17, 15) is 0 Å². The Bertz CT molecular complexity index is 1150. The summed E-state index contributed by atoms with van der Waals surface area (Å²) in [5.74, 6) is 0.958. The molecule has 0 atom stereocenters. The van der Waals surface area contributed by atoms with Crippen molar-refractivity contribution in [3.8, 4) is 5.75 Å². The summed E-state index contributed by atoms with van der Waals surface area (Å²) in [7, 11) is 0. The topological polar surface area (TPSA) is 25.4 Å². The van der Waals surface area contributed by atoms with Crippen LogP contribution >= 0.6 is 15.9 Å². The van der Waals surface area contributed by atoms with Gasteiger partial charge in [-0.05, 0) is 74.8 Å². The number of ether oxygens (including phenoxy) is 1. The number of nitrogens with zero attached hydrogens (tertiary/aromatic N) is 2. The van der Waals surface area contributed by atoms with Gasteiger partial charge in [0.25, 0.3) is 0 Å². The van der Waals surface area contributed by atoms with Crippen molar-refractivity contribution < 1.29 is 4.74 Å². The molecule has 2 heterocycles. The van der Waals surface area contributed by atoms with Crippen LogP contribution in [-0.2, 0) is 6.54 Å². The van der Waals surface area contributed by atoms with Gasteiger partial charge in [-0.25, -0.2) is 0 Å². The van der Waals surface area contributed by atoms with E-state index in [4.69, 9.17) is 4.74 Å². The molecule has 3 nitrogen and oxygen atoms in total. The highest BCUT2D eigenvalue weighted by Gasteiger charge is 2.21. The number of pyridine rings is 1. The molecule has 1 aromatic heterocycles. The van der Waals surface area contributed by atoms with Gasteiger partial charge in [0.2, 0.25) is 0 Å². The molecule has 0 radical (unpaired) electrons. The first-order chi connectivity index (χ1) is 14.3. The molecule has 4 aromatic rings. The minimum Gasteiger partial charge on any atom is -0.490 e. The summed E-state index contributed by atoms with van der Waals surface area (Å²) < 4.78 is 7.51. The van der Waals surface area contributed by atoms with Crippen LogP contribution in [0.15, 0.2) is 77.5 Å². The maximum Gasteiger partial charge on any atom is 0.120 e. The first-order valence-electron chi connectivity index (χ1n) is 10.2. The van der Waals surface area contributed by atoms with E-state index in [2.05, 4.69) is 80.4 Å². The van der Waals surface area contributed by atoms with Crippen molar-refractivity contribution in [2.45, 2.75) is 25.5 Å². The molecule has 0 aliphatic carbocycles. The van der Waals surface area contributed by atoms with Gasteiger partial charge in [-0.1, -0.05) is 36.4 Å². The maximum absolute atomic E-state index is 6.29. The van der Waals surface area contributed by atoms with E-state index in [1.807, 2.05) is 18.5 Å². The standard InChI is InChI=1S/C25H23BrN2O/c26-25-21(6-5-18-3-1-2-4-24(18)25)17-28-13-10-22(11-14-28)29-23-8-7-20-16-27-12-9-19(20)15-23/h1-9,12,15-16,22H,10-11,13-14,17H2. The number of benzene rings is 3. The summed E-state index contributed by atoms with van der Waals surface area (Å²) in [5.41, 5.74) is 1.35. The number of piperidine rings is 1. The number of rotatable bonds is 4. The largest absolute Gasteiger partial charge is 0.490 e. The Morgan fingerprint density at radius 3 is 2.66 bits per heavy atom. The van der Waals surface area contributed by atoms with Crippen molar-refractivity contribution in [1.82, 2.24) is 9.88 Å². The lowest BCUT2D eigenvalue weighted by molar-refractivity contribution is 0.0968. The second kappa shape index (κ2) is 8.13. The molecule has 5 rings (SSSR count). The van der Waals surface area contributed by atoms with Gasteiger partial charge in [-0.15, -0.1) is 0 Å². The average molecular weight is 447 g/mol. The van der Waals surface area contributed by atoms with Crippen LogP contribution in [0.2, 0.25) is 0 Å². The third kappa shape index (κ3) is 4.00. The minimum absolute atomic E-state index is 0.283. The molecule has 0 N–H and O–H groups in total. The van der Waals surface area contributed by atoms with E-state index >= 15 is 0 Å². The Morgan fingerprint density at radius 1 is 0.931 bits per heavy atom. The number of aromatic nitrogens is 1. The Morgan fingerprint density at radius 2 is 1.76 bits per heavy atom. The van der Waals surface area contributed by atoms with Gasteiger partial charge >= 0.3 is 0 Å². The highest BCUT2D eigenvalue weighted by Crippen LogP contribution is 2.30. The molecule has 1 saturated heterocycles.